The second kappa shape index (κ2) is 4.30. The maximum atomic E-state index is 5.31. The Balaban J connectivity index is 2.48. The van der Waals surface area contributed by atoms with Crippen LogP contribution in [0, 0.1) is 12.3 Å². The number of rotatable bonds is 3. The maximum absolute atomic E-state index is 5.31. The molecule has 1 rings (SSSR count). The molecule has 0 radical (unpaired) electrons. The first kappa shape index (κ1) is 9.31. The molecule has 1 heterocycles. The van der Waals surface area contributed by atoms with E-state index >= 15 is 0 Å². The van der Waals surface area contributed by atoms with Gasteiger partial charge >= 0.3 is 0 Å². The van der Waals surface area contributed by atoms with E-state index in [4.69, 9.17) is 6.42 Å². The highest BCUT2D eigenvalue weighted by Gasteiger charge is 2.05. The third kappa shape index (κ3) is 2.37. The zero-order valence-corrected chi connectivity index (χ0v) is 8.27. The zero-order chi connectivity index (χ0) is 8.97. The number of nitrogens with zero attached hydrogens (tertiary/aromatic N) is 1. The number of thiophene rings is 1. The van der Waals surface area contributed by atoms with Crippen molar-refractivity contribution in [2.45, 2.75) is 19.5 Å². The molecule has 1 unspecified atom stereocenters. The Morgan fingerprint density at radius 3 is 3.00 bits per heavy atom. The molecule has 0 aliphatic heterocycles. The van der Waals surface area contributed by atoms with E-state index in [2.05, 4.69) is 28.3 Å². The van der Waals surface area contributed by atoms with Crippen molar-refractivity contribution in [2.24, 2.45) is 0 Å². The molecular formula is C10H13NS. The van der Waals surface area contributed by atoms with Crippen LogP contribution in [0.25, 0.3) is 0 Å². The molecule has 0 saturated heterocycles. The summed E-state index contributed by atoms with van der Waals surface area (Å²) in [4.78, 5) is 3.52. The topological polar surface area (TPSA) is 3.24 Å². The van der Waals surface area contributed by atoms with E-state index < -0.39 is 0 Å². The van der Waals surface area contributed by atoms with Gasteiger partial charge in [0.05, 0.1) is 6.04 Å². The van der Waals surface area contributed by atoms with Gasteiger partial charge in [0, 0.05) is 11.4 Å². The molecular weight excluding hydrogens is 166 g/mol. The Bertz CT molecular complexity index is 258. The molecule has 0 saturated carbocycles. The monoisotopic (exact) mass is 179 g/mol. The first-order valence-corrected chi connectivity index (χ1v) is 4.80. The third-order valence-electron chi connectivity index (χ3n) is 1.89. The predicted octanol–water partition coefficient (Wildman–Crippen LogP) is 2.20. The SMILES string of the molecule is C#CC(C)N(C)Cc1cccs1. The Labute approximate surface area is 78.0 Å². The molecule has 12 heavy (non-hydrogen) atoms. The summed E-state index contributed by atoms with van der Waals surface area (Å²) in [5.74, 6) is 2.71. The van der Waals surface area contributed by atoms with Crippen molar-refractivity contribution >= 4 is 11.3 Å². The van der Waals surface area contributed by atoms with Crippen molar-refractivity contribution in [1.82, 2.24) is 4.90 Å². The molecule has 0 fully saturated rings. The Hall–Kier alpha value is -0.780. The van der Waals surface area contributed by atoms with Crippen LogP contribution in [0.2, 0.25) is 0 Å². The van der Waals surface area contributed by atoms with Crippen LogP contribution >= 0.6 is 11.3 Å². The molecule has 0 aliphatic carbocycles. The molecule has 1 aromatic rings. The van der Waals surface area contributed by atoms with Crippen LogP contribution in [0.4, 0.5) is 0 Å². The lowest BCUT2D eigenvalue weighted by atomic mass is 10.3. The van der Waals surface area contributed by atoms with Crippen LogP contribution in [-0.2, 0) is 6.54 Å². The summed E-state index contributed by atoms with van der Waals surface area (Å²) < 4.78 is 0. The van der Waals surface area contributed by atoms with E-state index in [-0.39, 0.29) is 6.04 Å². The summed E-state index contributed by atoms with van der Waals surface area (Å²) in [6, 6.07) is 4.41. The molecule has 1 atom stereocenters. The van der Waals surface area contributed by atoms with Crippen LogP contribution in [0.3, 0.4) is 0 Å². The van der Waals surface area contributed by atoms with Gasteiger partial charge in [0.1, 0.15) is 0 Å². The standard InChI is InChI=1S/C10H13NS/c1-4-9(2)11(3)8-10-6-5-7-12-10/h1,5-7,9H,8H2,2-3H3. The van der Waals surface area contributed by atoms with Crippen molar-refractivity contribution in [3.8, 4) is 12.3 Å². The highest BCUT2D eigenvalue weighted by molar-refractivity contribution is 7.09. The van der Waals surface area contributed by atoms with E-state index in [0.717, 1.165) is 6.54 Å². The molecule has 0 spiro atoms. The zero-order valence-electron chi connectivity index (χ0n) is 7.45. The van der Waals surface area contributed by atoms with Gasteiger partial charge in [0.15, 0.2) is 0 Å². The van der Waals surface area contributed by atoms with Gasteiger partial charge in [0.2, 0.25) is 0 Å². The second-order valence-electron chi connectivity index (χ2n) is 2.84. The number of terminal acetylenes is 1. The molecule has 0 aliphatic rings. The molecule has 0 bridgehead atoms. The van der Waals surface area contributed by atoms with Gasteiger partial charge in [-0.15, -0.1) is 17.8 Å². The second-order valence-corrected chi connectivity index (χ2v) is 3.87. The van der Waals surface area contributed by atoms with Crippen LogP contribution in [0.1, 0.15) is 11.8 Å². The Morgan fingerprint density at radius 1 is 1.75 bits per heavy atom. The van der Waals surface area contributed by atoms with E-state index in [1.54, 1.807) is 11.3 Å². The summed E-state index contributed by atoms with van der Waals surface area (Å²) in [7, 11) is 2.05. The van der Waals surface area contributed by atoms with Crippen molar-refractivity contribution in [2.75, 3.05) is 7.05 Å². The van der Waals surface area contributed by atoms with E-state index in [9.17, 15) is 0 Å². The fourth-order valence-corrected chi connectivity index (χ4v) is 1.68. The van der Waals surface area contributed by atoms with Crippen LogP contribution in [0.15, 0.2) is 17.5 Å². The summed E-state index contributed by atoms with van der Waals surface area (Å²) in [5, 5.41) is 2.09. The highest BCUT2D eigenvalue weighted by atomic mass is 32.1. The first-order valence-electron chi connectivity index (χ1n) is 3.93. The van der Waals surface area contributed by atoms with Crippen LogP contribution < -0.4 is 0 Å². The fourth-order valence-electron chi connectivity index (χ4n) is 0.913. The van der Waals surface area contributed by atoms with Crippen LogP contribution in [-0.4, -0.2) is 18.0 Å². The molecule has 1 nitrogen and oxygen atoms in total. The summed E-state index contributed by atoms with van der Waals surface area (Å²) in [6.07, 6.45) is 5.31. The van der Waals surface area contributed by atoms with Gasteiger partial charge in [-0.05, 0) is 25.4 Å². The predicted molar refractivity (Wildman–Crippen MR) is 54.1 cm³/mol. The number of hydrogen-bond acceptors (Lipinski definition) is 2. The van der Waals surface area contributed by atoms with Gasteiger partial charge in [-0.25, -0.2) is 0 Å². The molecule has 0 N–H and O–H groups in total. The van der Waals surface area contributed by atoms with Gasteiger partial charge in [-0.3, -0.25) is 4.90 Å². The third-order valence-corrected chi connectivity index (χ3v) is 2.75. The van der Waals surface area contributed by atoms with E-state index in [1.807, 2.05) is 14.0 Å². The van der Waals surface area contributed by atoms with Crippen molar-refractivity contribution in [3.05, 3.63) is 22.4 Å². The smallest absolute Gasteiger partial charge is 0.0683 e. The number of hydrogen-bond donors (Lipinski definition) is 0. The Kier molecular flexibility index (Phi) is 3.33. The fraction of sp³-hybridized carbons (Fsp3) is 0.400. The summed E-state index contributed by atoms with van der Waals surface area (Å²) in [5.41, 5.74) is 0. The lowest BCUT2D eigenvalue weighted by Crippen LogP contribution is -2.26. The Morgan fingerprint density at radius 2 is 2.50 bits per heavy atom. The molecule has 2 heteroatoms. The van der Waals surface area contributed by atoms with Gasteiger partial charge in [-0.1, -0.05) is 12.0 Å². The van der Waals surface area contributed by atoms with Crippen molar-refractivity contribution < 1.29 is 0 Å². The quantitative estimate of drug-likeness (QED) is 0.643. The van der Waals surface area contributed by atoms with Crippen molar-refractivity contribution in [1.29, 1.82) is 0 Å². The molecule has 64 valence electrons. The van der Waals surface area contributed by atoms with E-state index in [1.165, 1.54) is 4.88 Å². The minimum atomic E-state index is 0.215. The van der Waals surface area contributed by atoms with E-state index in [0.29, 0.717) is 0 Å². The first-order chi connectivity index (χ1) is 5.74. The summed E-state index contributed by atoms with van der Waals surface area (Å²) >= 11 is 1.77. The van der Waals surface area contributed by atoms with Crippen molar-refractivity contribution in [3.63, 3.8) is 0 Å². The normalized spacial score (nSPS) is 12.8. The highest BCUT2D eigenvalue weighted by Crippen LogP contribution is 2.11. The summed E-state index contributed by atoms with van der Waals surface area (Å²) in [6.45, 7) is 2.98. The minimum absolute atomic E-state index is 0.215. The van der Waals surface area contributed by atoms with Crippen LogP contribution in [0.5, 0.6) is 0 Å². The molecule has 0 aromatic carbocycles. The van der Waals surface area contributed by atoms with Gasteiger partial charge < -0.3 is 0 Å². The lowest BCUT2D eigenvalue weighted by molar-refractivity contribution is 0.299. The van der Waals surface area contributed by atoms with Gasteiger partial charge in [-0.2, -0.15) is 0 Å². The largest absolute Gasteiger partial charge is 0.288 e. The average Bonchev–Trinajstić information content (AvgIpc) is 2.55. The van der Waals surface area contributed by atoms with Gasteiger partial charge in [0.25, 0.3) is 0 Å². The molecule has 0 amide bonds. The average molecular weight is 179 g/mol. The molecule has 1 aromatic heterocycles. The lowest BCUT2D eigenvalue weighted by Gasteiger charge is -2.18. The minimum Gasteiger partial charge on any atom is -0.288 e. The maximum Gasteiger partial charge on any atom is 0.0683 e.